The number of aryl methyl sites for hydroxylation is 1. The van der Waals surface area contributed by atoms with Gasteiger partial charge in [0.1, 0.15) is 17.3 Å². The molecule has 1 saturated heterocycles. The lowest BCUT2D eigenvalue weighted by Crippen LogP contribution is -2.29. The predicted molar refractivity (Wildman–Crippen MR) is 117 cm³/mol. The minimum absolute atomic E-state index is 0.125. The molecule has 1 aliphatic heterocycles. The zero-order valence-corrected chi connectivity index (χ0v) is 18.1. The van der Waals surface area contributed by atoms with E-state index >= 15 is 0 Å². The van der Waals surface area contributed by atoms with Crippen LogP contribution in [0.2, 0.25) is 0 Å². The number of carbonyl (C=O) groups is 3. The quantitative estimate of drug-likeness (QED) is 0.273. The topological polar surface area (TPSA) is 119 Å². The molecule has 1 aromatic heterocycles. The van der Waals surface area contributed by atoms with E-state index in [1.807, 2.05) is 0 Å². The zero-order chi connectivity index (χ0) is 23.7. The van der Waals surface area contributed by atoms with Gasteiger partial charge in [-0.2, -0.15) is 0 Å². The van der Waals surface area contributed by atoms with Crippen LogP contribution in [0.5, 0.6) is 5.75 Å². The third-order valence-corrected chi connectivity index (χ3v) is 5.30. The van der Waals surface area contributed by atoms with E-state index in [0.29, 0.717) is 28.2 Å². The van der Waals surface area contributed by atoms with Crippen molar-refractivity contribution in [1.82, 2.24) is 5.16 Å². The Bertz CT molecular complexity index is 1270. The summed E-state index contributed by atoms with van der Waals surface area (Å²) in [5.74, 6) is -1.59. The molecule has 4 rings (SSSR count). The van der Waals surface area contributed by atoms with E-state index in [0.717, 1.165) is 4.90 Å². The number of anilines is 1. The summed E-state index contributed by atoms with van der Waals surface area (Å²) in [5.41, 5.74) is 0.954. The molecule has 3 aromatic rings. The molecule has 9 nitrogen and oxygen atoms in total. The number of rotatable bonds is 5. The Hall–Kier alpha value is -4.40. The minimum Gasteiger partial charge on any atom is -0.507 e. The molecule has 1 aliphatic rings. The van der Waals surface area contributed by atoms with Crippen molar-refractivity contribution in [3.05, 3.63) is 82.6 Å². The number of aliphatic hydroxyl groups excluding tert-OH is 1. The number of benzene rings is 2. The van der Waals surface area contributed by atoms with E-state index in [1.54, 1.807) is 43.3 Å². The van der Waals surface area contributed by atoms with Crippen LogP contribution in [0.4, 0.5) is 5.82 Å². The molecule has 2 aromatic carbocycles. The first kappa shape index (κ1) is 21.8. The average Bonchev–Trinajstić information content (AvgIpc) is 3.38. The summed E-state index contributed by atoms with van der Waals surface area (Å²) in [4.78, 5) is 39.1. The Labute approximate surface area is 188 Å². The first-order chi connectivity index (χ1) is 15.8. The maximum absolute atomic E-state index is 13.1. The van der Waals surface area contributed by atoms with Gasteiger partial charge in [-0.25, -0.2) is 4.79 Å². The molecule has 9 heteroatoms. The second-order valence-corrected chi connectivity index (χ2v) is 7.31. The summed E-state index contributed by atoms with van der Waals surface area (Å²) in [5, 5.41) is 15.0. The number of carbonyl (C=O) groups excluding carboxylic acids is 3. The van der Waals surface area contributed by atoms with Crippen molar-refractivity contribution in [2.75, 3.05) is 19.1 Å². The van der Waals surface area contributed by atoms with Gasteiger partial charge in [-0.15, -0.1) is 0 Å². The van der Waals surface area contributed by atoms with Crippen molar-refractivity contribution in [2.45, 2.75) is 13.0 Å². The Morgan fingerprint density at radius 2 is 1.79 bits per heavy atom. The molecule has 168 valence electrons. The molecule has 2 heterocycles. The van der Waals surface area contributed by atoms with Gasteiger partial charge in [0.15, 0.2) is 5.82 Å². The van der Waals surface area contributed by atoms with Crippen molar-refractivity contribution in [3.8, 4) is 5.75 Å². The van der Waals surface area contributed by atoms with Crippen LogP contribution in [-0.2, 0) is 14.3 Å². The van der Waals surface area contributed by atoms with E-state index in [9.17, 15) is 19.5 Å². The normalized spacial score (nSPS) is 17.3. The van der Waals surface area contributed by atoms with Crippen molar-refractivity contribution in [1.29, 1.82) is 0 Å². The highest BCUT2D eigenvalue weighted by atomic mass is 16.5. The molecule has 1 N–H and O–H groups in total. The lowest BCUT2D eigenvalue weighted by atomic mass is 9.94. The number of aromatic nitrogens is 1. The van der Waals surface area contributed by atoms with E-state index < -0.39 is 23.7 Å². The molecule has 33 heavy (non-hydrogen) atoms. The van der Waals surface area contributed by atoms with Gasteiger partial charge in [0.25, 0.3) is 5.78 Å². The fourth-order valence-corrected chi connectivity index (χ4v) is 3.70. The molecule has 0 bridgehead atoms. The molecule has 0 saturated carbocycles. The van der Waals surface area contributed by atoms with Crippen LogP contribution in [0.15, 0.2) is 64.7 Å². The van der Waals surface area contributed by atoms with Gasteiger partial charge in [-0.05, 0) is 36.8 Å². The van der Waals surface area contributed by atoms with Crippen molar-refractivity contribution in [3.63, 3.8) is 0 Å². The highest BCUT2D eigenvalue weighted by molar-refractivity contribution is 6.51. The standard InChI is InChI=1S/C24H20N2O7/c1-13-11-18(25-33-13)26-20(14-7-9-15(10-8-14)24(30)32-3)19(22(28)23(26)29)21(27)16-5-4-6-17(12-16)31-2/h4-12,20,27H,1-3H3/b21-19+/t20-/m1/s1. The number of hydrogen-bond acceptors (Lipinski definition) is 8. The van der Waals surface area contributed by atoms with E-state index in [2.05, 4.69) is 5.16 Å². The van der Waals surface area contributed by atoms with Gasteiger partial charge in [0.2, 0.25) is 0 Å². The molecule has 1 fully saturated rings. The second kappa shape index (κ2) is 8.62. The van der Waals surface area contributed by atoms with Gasteiger partial charge >= 0.3 is 11.9 Å². The van der Waals surface area contributed by atoms with Crippen LogP contribution in [0.25, 0.3) is 5.76 Å². The molecular weight excluding hydrogens is 428 g/mol. The third-order valence-electron chi connectivity index (χ3n) is 5.30. The second-order valence-electron chi connectivity index (χ2n) is 7.31. The summed E-state index contributed by atoms with van der Waals surface area (Å²) in [6, 6.07) is 13.2. The summed E-state index contributed by atoms with van der Waals surface area (Å²) in [6.07, 6.45) is 0. The van der Waals surface area contributed by atoms with Crippen molar-refractivity contribution >= 4 is 29.2 Å². The maximum atomic E-state index is 13.1. The van der Waals surface area contributed by atoms with Gasteiger partial charge in [-0.1, -0.05) is 29.4 Å². The van der Waals surface area contributed by atoms with Gasteiger partial charge in [0, 0.05) is 11.6 Å². The highest BCUT2D eigenvalue weighted by Crippen LogP contribution is 2.42. The largest absolute Gasteiger partial charge is 0.507 e. The summed E-state index contributed by atoms with van der Waals surface area (Å²) in [6.45, 7) is 1.66. The molecule has 0 spiro atoms. The third kappa shape index (κ3) is 3.84. The fourth-order valence-electron chi connectivity index (χ4n) is 3.70. The van der Waals surface area contributed by atoms with Crippen molar-refractivity contribution in [2.24, 2.45) is 0 Å². The van der Waals surface area contributed by atoms with Gasteiger partial charge < -0.3 is 19.1 Å². The van der Waals surface area contributed by atoms with Crippen LogP contribution in [0.3, 0.4) is 0 Å². The molecule has 1 amide bonds. The van der Waals surface area contributed by atoms with Crippen LogP contribution < -0.4 is 9.64 Å². The molecule has 0 radical (unpaired) electrons. The molecular formula is C24H20N2O7. The number of aliphatic hydroxyl groups is 1. The first-order valence-electron chi connectivity index (χ1n) is 9.92. The van der Waals surface area contributed by atoms with E-state index in [-0.39, 0.29) is 17.2 Å². The van der Waals surface area contributed by atoms with Crippen LogP contribution in [0, 0.1) is 6.92 Å². The number of hydrogen-bond donors (Lipinski definition) is 1. The predicted octanol–water partition coefficient (Wildman–Crippen LogP) is 3.40. The number of nitrogens with zero attached hydrogens (tertiary/aromatic N) is 2. The first-order valence-corrected chi connectivity index (χ1v) is 9.92. The smallest absolute Gasteiger partial charge is 0.337 e. The Kier molecular flexibility index (Phi) is 5.70. The number of ether oxygens (including phenoxy) is 2. The van der Waals surface area contributed by atoms with E-state index in [4.69, 9.17) is 14.0 Å². The van der Waals surface area contributed by atoms with Crippen LogP contribution in [-0.4, -0.2) is 42.1 Å². The SMILES string of the molecule is COC(=O)c1ccc([C@@H]2/C(=C(\O)c3cccc(OC)c3)C(=O)C(=O)N2c2cc(C)on2)cc1. The van der Waals surface area contributed by atoms with E-state index in [1.165, 1.54) is 32.4 Å². The Balaban J connectivity index is 1.91. The maximum Gasteiger partial charge on any atom is 0.337 e. The number of Topliss-reactive ketones (excluding diaryl/α,β-unsaturated/α-hetero) is 1. The monoisotopic (exact) mass is 448 g/mol. The average molecular weight is 448 g/mol. The summed E-state index contributed by atoms with van der Waals surface area (Å²) >= 11 is 0. The fraction of sp³-hybridized carbons (Fsp3) is 0.167. The number of amides is 1. The van der Waals surface area contributed by atoms with Crippen LogP contribution in [0.1, 0.15) is 33.3 Å². The van der Waals surface area contributed by atoms with Crippen LogP contribution >= 0.6 is 0 Å². The molecule has 1 atom stereocenters. The Morgan fingerprint density at radius 3 is 2.39 bits per heavy atom. The number of esters is 1. The summed E-state index contributed by atoms with van der Waals surface area (Å²) in [7, 11) is 2.75. The van der Waals surface area contributed by atoms with Gasteiger partial charge in [-0.3, -0.25) is 14.5 Å². The van der Waals surface area contributed by atoms with Gasteiger partial charge in [0.05, 0.1) is 31.4 Å². The minimum atomic E-state index is -1.01. The Morgan fingerprint density at radius 1 is 1.06 bits per heavy atom. The molecule has 0 aliphatic carbocycles. The zero-order valence-electron chi connectivity index (χ0n) is 18.1. The number of ketones is 1. The lowest BCUT2D eigenvalue weighted by molar-refractivity contribution is -0.132. The number of methoxy groups -OCH3 is 2. The highest BCUT2D eigenvalue weighted by Gasteiger charge is 2.48. The van der Waals surface area contributed by atoms with Crippen molar-refractivity contribution < 1.29 is 33.5 Å². The summed E-state index contributed by atoms with van der Waals surface area (Å²) < 4.78 is 15.0. The molecule has 0 unspecified atom stereocenters. The lowest BCUT2D eigenvalue weighted by Gasteiger charge is -2.23.